The van der Waals surface area contributed by atoms with E-state index in [1.165, 1.54) is 12.1 Å². The first-order valence-electron chi connectivity index (χ1n) is 6.81. The van der Waals surface area contributed by atoms with Crippen molar-refractivity contribution in [3.8, 4) is 5.75 Å². The summed E-state index contributed by atoms with van der Waals surface area (Å²) in [5, 5.41) is 0. The Balaban J connectivity index is 2.11. The number of Topliss-reactive ketones (excluding diaryl/α,β-unsaturated/α-hetero) is 1. The Kier molecular flexibility index (Phi) is 4.66. The van der Waals surface area contributed by atoms with Crippen molar-refractivity contribution in [1.29, 1.82) is 0 Å². The number of hydrogen-bond donors (Lipinski definition) is 0. The number of carbonyl (C=O) groups excluding carboxylic acids is 1. The topological polar surface area (TPSA) is 60.4 Å². The summed E-state index contributed by atoms with van der Waals surface area (Å²) in [5.41, 5.74) is 2.61. The Bertz CT molecular complexity index is 807. The van der Waals surface area contributed by atoms with Gasteiger partial charge in [0.1, 0.15) is 5.75 Å². The smallest absolute Gasteiger partial charge is 0.200 e. The molecule has 0 saturated carbocycles. The molecule has 0 N–H and O–H groups in total. The van der Waals surface area contributed by atoms with Crippen LogP contribution in [0.5, 0.6) is 5.75 Å². The summed E-state index contributed by atoms with van der Waals surface area (Å²) in [6.07, 6.45) is 1.13. The van der Waals surface area contributed by atoms with Crippen molar-refractivity contribution in [3.05, 3.63) is 59.2 Å². The van der Waals surface area contributed by atoms with E-state index in [0.29, 0.717) is 11.3 Å². The normalized spacial score (nSPS) is 11.2. The van der Waals surface area contributed by atoms with Gasteiger partial charge in [0.05, 0.1) is 4.90 Å². The average Bonchev–Trinajstić information content (AvgIpc) is 2.44. The van der Waals surface area contributed by atoms with Gasteiger partial charge in [-0.3, -0.25) is 4.79 Å². The second-order valence-electron chi connectivity index (χ2n) is 5.28. The highest BCUT2D eigenvalue weighted by Gasteiger charge is 2.12. The lowest BCUT2D eigenvalue weighted by Crippen LogP contribution is -2.13. The lowest BCUT2D eigenvalue weighted by molar-refractivity contribution is 0.0921. The van der Waals surface area contributed by atoms with E-state index in [0.717, 1.165) is 17.4 Å². The van der Waals surface area contributed by atoms with Gasteiger partial charge in [-0.1, -0.05) is 29.8 Å². The van der Waals surface area contributed by atoms with Crippen molar-refractivity contribution in [1.82, 2.24) is 0 Å². The minimum absolute atomic E-state index is 0.128. The molecule has 2 rings (SSSR count). The largest absolute Gasteiger partial charge is 0.485 e. The molecular weight excluding hydrogens is 300 g/mol. The maximum atomic E-state index is 12.2. The van der Waals surface area contributed by atoms with E-state index in [9.17, 15) is 13.2 Å². The lowest BCUT2D eigenvalue weighted by atomic mass is 10.0. The lowest BCUT2D eigenvalue weighted by Gasteiger charge is -2.09. The van der Waals surface area contributed by atoms with Crippen LogP contribution in [0.15, 0.2) is 47.4 Å². The van der Waals surface area contributed by atoms with Crippen molar-refractivity contribution in [3.63, 3.8) is 0 Å². The maximum absolute atomic E-state index is 12.2. The Hall–Kier alpha value is -2.14. The molecule has 2 aromatic rings. The molecule has 0 atom stereocenters. The molecule has 4 nitrogen and oxygen atoms in total. The molecule has 116 valence electrons. The molecule has 0 spiro atoms. The van der Waals surface area contributed by atoms with Gasteiger partial charge in [0.15, 0.2) is 22.2 Å². The fourth-order valence-electron chi connectivity index (χ4n) is 2.15. The summed E-state index contributed by atoms with van der Waals surface area (Å²) in [4.78, 5) is 12.4. The van der Waals surface area contributed by atoms with Crippen LogP contribution in [-0.4, -0.2) is 27.1 Å². The number of aryl methyl sites for hydroxylation is 2. The molecule has 0 unspecified atom stereocenters. The van der Waals surface area contributed by atoms with Crippen molar-refractivity contribution < 1.29 is 17.9 Å². The molecule has 0 amide bonds. The van der Waals surface area contributed by atoms with Crippen LogP contribution in [0.1, 0.15) is 21.5 Å². The zero-order chi connectivity index (χ0) is 16.3. The van der Waals surface area contributed by atoms with Gasteiger partial charge in [0, 0.05) is 11.8 Å². The fraction of sp³-hybridized carbons (Fsp3) is 0.235. The highest BCUT2D eigenvalue weighted by Crippen LogP contribution is 2.18. The number of hydrogen-bond acceptors (Lipinski definition) is 4. The highest BCUT2D eigenvalue weighted by atomic mass is 32.2. The van der Waals surface area contributed by atoms with E-state index in [2.05, 4.69) is 0 Å². The Labute approximate surface area is 130 Å². The molecule has 0 aromatic heterocycles. The third-order valence-corrected chi connectivity index (χ3v) is 4.40. The van der Waals surface area contributed by atoms with Crippen LogP contribution < -0.4 is 4.74 Å². The molecule has 0 aliphatic carbocycles. The monoisotopic (exact) mass is 318 g/mol. The van der Waals surface area contributed by atoms with Crippen LogP contribution in [0.2, 0.25) is 0 Å². The molecule has 5 heteroatoms. The molecule has 0 aliphatic heterocycles. The molecular formula is C17H18O4S. The first-order valence-corrected chi connectivity index (χ1v) is 8.70. The van der Waals surface area contributed by atoms with Crippen molar-refractivity contribution in [2.75, 3.05) is 12.9 Å². The average molecular weight is 318 g/mol. The summed E-state index contributed by atoms with van der Waals surface area (Å²) in [6, 6.07) is 11.7. The van der Waals surface area contributed by atoms with E-state index in [1.54, 1.807) is 18.2 Å². The van der Waals surface area contributed by atoms with Gasteiger partial charge in [-0.05, 0) is 37.6 Å². The number of ketones is 1. The zero-order valence-electron chi connectivity index (χ0n) is 12.8. The van der Waals surface area contributed by atoms with Crippen molar-refractivity contribution in [2.24, 2.45) is 0 Å². The van der Waals surface area contributed by atoms with Gasteiger partial charge in [0.2, 0.25) is 0 Å². The zero-order valence-corrected chi connectivity index (χ0v) is 13.6. The van der Waals surface area contributed by atoms with E-state index in [-0.39, 0.29) is 17.3 Å². The van der Waals surface area contributed by atoms with Gasteiger partial charge in [-0.2, -0.15) is 0 Å². The summed E-state index contributed by atoms with van der Waals surface area (Å²) < 4.78 is 28.4. The molecule has 22 heavy (non-hydrogen) atoms. The van der Waals surface area contributed by atoms with Gasteiger partial charge in [-0.15, -0.1) is 0 Å². The number of sulfone groups is 1. The Morgan fingerprint density at radius 1 is 1.09 bits per heavy atom. The second-order valence-corrected chi connectivity index (χ2v) is 7.29. The Morgan fingerprint density at radius 3 is 2.45 bits per heavy atom. The van der Waals surface area contributed by atoms with E-state index >= 15 is 0 Å². The summed E-state index contributed by atoms with van der Waals surface area (Å²) in [6.45, 7) is 3.72. The third kappa shape index (κ3) is 3.95. The number of ether oxygens (including phenoxy) is 1. The molecule has 2 aromatic carbocycles. The second kappa shape index (κ2) is 6.32. The van der Waals surface area contributed by atoms with Gasteiger partial charge in [0.25, 0.3) is 0 Å². The van der Waals surface area contributed by atoms with Crippen molar-refractivity contribution >= 4 is 15.6 Å². The van der Waals surface area contributed by atoms with E-state index in [1.807, 2.05) is 26.0 Å². The third-order valence-electron chi connectivity index (χ3n) is 3.29. The molecule has 0 aliphatic rings. The van der Waals surface area contributed by atoms with Crippen LogP contribution in [0.3, 0.4) is 0 Å². The van der Waals surface area contributed by atoms with E-state index < -0.39 is 9.84 Å². The van der Waals surface area contributed by atoms with Gasteiger partial charge in [-0.25, -0.2) is 8.42 Å². The van der Waals surface area contributed by atoms with Gasteiger partial charge >= 0.3 is 0 Å². The number of rotatable bonds is 5. The molecule has 0 saturated heterocycles. The standard InChI is InChI=1S/C17H18O4S/c1-12-7-8-16(13(2)9-12)17(18)11-21-14-5-4-6-15(10-14)22(3,19)20/h4-10H,11H2,1-3H3. The number of carbonyl (C=O) groups is 1. The highest BCUT2D eigenvalue weighted by molar-refractivity contribution is 7.90. The summed E-state index contributed by atoms with van der Waals surface area (Å²) >= 11 is 0. The van der Waals surface area contributed by atoms with Crippen LogP contribution in [0.25, 0.3) is 0 Å². The molecule has 0 heterocycles. The Morgan fingerprint density at radius 2 is 1.82 bits per heavy atom. The predicted molar refractivity (Wildman–Crippen MR) is 85.3 cm³/mol. The minimum Gasteiger partial charge on any atom is -0.485 e. The number of benzene rings is 2. The first kappa shape index (κ1) is 16.2. The molecule has 0 bridgehead atoms. The molecule has 0 radical (unpaired) electrons. The molecule has 0 fully saturated rings. The maximum Gasteiger partial charge on any atom is 0.200 e. The SMILES string of the molecule is Cc1ccc(C(=O)COc2cccc(S(C)(=O)=O)c2)c(C)c1. The van der Waals surface area contributed by atoms with Crippen LogP contribution >= 0.6 is 0 Å². The van der Waals surface area contributed by atoms with Crippen LogP contribution in [-0.2, 0) is 9.84 Å². The van der Waals surface area contributed by atoms with Crippen molar-refractivity contribution in [2.45, 2.75) is 18.7 Å². The first-order chi connectivity index (χ1) is 10.3. The van der Waals surface area contributed by atoms with Gasteiger partial charge < -0.3 is 4.74 Å². The minimum atomic E-state index is -3.29. The quantitative estimate of drug-likeness (QED) is 0.795. The van der Waals surface area contributed by atoms with Crippen LogP contribution in [0, 0.1) is 13.8 Å². The van der Waals surface area contributed by atoms with E-state index in [4.69, 9.17) is 4.74 Å². The van der Waals surface area contributed by atoms with Crippen LogP contribution in [0.4, 0.5) is 0 Å². The fourth-order valence-corrected chi connectivity index (χ4v) is 2.80. The summed E-state index contributed by atoms with van der Waals surface area (Å²) in [5.74, 6) is 0.225. The summed E-state index contributed by atoms with van der Waals surface area (Å²) in [7, 11) is -3.29. The predicted octanol–water partition coefficient (Wildman–Crippen LogP) is 2.97.